The monoisotopic (exact) mass is 369 g/mol. The standard InChI is InChI=1S/C21H27N3O3/c1-4-22-21(26)19-10-18(23-20(25)16-7-8-27-13-16)12-24(19)11-17-9-14(2)5-6-15(17)3/h5-9,13,18-19H,4,10-12H2,1-3H3,(H,22,26)(H,23,25)/t18-,19-/m0/s1. The number of benzene rings is 1. The minimum Gasteiger partial charge on any atom is -0.472 e. The zero-order valence-corrected chi connectivity index (χ0v) is 16.1. The van der Waals surface area contributed by atoms with Crippen molar-refractivity contribution >= 4 is 11.8 Å². The molecule has 2 atom stereocenters. The molecule has 1 aliphatic rings. The minimum absolute atomic E-state index is 0.0165. The fourth-order valence-corrected chi connectivity index (χ4v) is 3.60. The molecule has 1 aromatic carbocycles. The summed E-state index contributed by atoms with van der Waals surface area (Å²) in [6.45, 7) is 8.00. The van der Waals surface area contributed by atoms with Gasteiger partial charge in [-0.15, -0.1) is 0 Å². The second kappa shape index (κ2) is 8.39. The van der Waals surface area contributed by atoms with Crippen molar-refractivity contribution in [3.8, 4) is 0 Å². The van der Waals surface area contributed by atoms with Gasteiger partial charge < -0.3 is 15.1 Å². The van der Waals surface area contributed by atoms with E-state index in [0.717, 1.165) is 0 Å². The summed E-state index contributed by atoms with van der Waals surface area (Å²) in [5.74, 6) is -0.153. The number of carbonyl (C=O) groups excluding carboxylic acids is 2. The molecule has 1 saturated heterocycles. The fraction of sp³-hybridized carbons (Fsp3) is 0.429. The van der Waals surface area contributed by atoms with Gasteiger partial charge in [0.2, 0.25) is 5.91 Å². The molecule has 1 fully saturated rings. The second-order valence-corrected chi connectivity index (χ2v) is 7.19. The Kier molecular flexibility index (Phi) is 5.96. The highest BCUT2D eigenvalue weighted by molar-refractivity contribution is 5.94. The first-order valence-corrected chi connectivity index (χ1v) is 9.39. The highest BCUT2D eigenvalue weighted by atomic mass is 16.3. The number of nitrogens with zero attached hydrogens (tertiary/aromatic N) is 1. The van der Waals surface area contributed by atoms with Gasteiger partial charge in [0, 0.05) is 25.7 Å². The SMILES string of the molecule is CCNC(=O)[C@@H]1C[C@H](NC(=O)c2ccoc2)CN1Cc1cc(C)ccc1C. The summed E-state index contributed by atoms with van der Waals surface area (Å²) in [5, 5.41) is 5.95. The second-order valence-electron chi connectivity index (χ2n) is 7.19. The Bertz CT molecular complexity index is 801. The maximum atomic E-state index is 12.6. The van der Waals surface area contributed by atoms with E-state index in [-0.39, 0.29) is 23.9 Å². The van der Waals surface area contributed by atoms with E-state index < -0.39 is 0 Å². The van der Waals surface area contributed by atoms with E-state index >= 15 is 0 Å². The third-order valence-corrected chi connectivity index (χ3v) is 5.05. The molecule has 27 heavy (non-hydrogen) atoms. The Labute approximate surface area is 159 Å². The van der Waals surface area contributed by atoms with E-state index in [2.05, 4.69) is 47.6 Å². The Balaban J connectivity index is 1.74. The summed E-state index contributed by atoms with van der Waals surface area (Å²) in [4.78, 5) is 27.1. The summed E-state index contributed by atoms with van der Waals surface area (Å²) < 4.78 is 4.98. The van der Waals surface area contributed by atoms with Gasteiger partial charge >= 0.3 is 0 Å². The van der Waals surface area contributed by atoms with Crippen molar-refractivity contribution in [2.45, 2.75) is 45.8 Å². The molecule has 1 aliphatic heterocycles. The van der Waals surface area contributed by atoms with Crippen LogP contribution in [0.5, 0.6) is 0 Å². The first-order chi connectivity index (χ1) is 13.0. The number of carbonyl (C=O) groups is 2. The van der Waals surface area contributed by atoms with Crippen molar-refractivity contribution in [2.24, 2.45) is 0 Å². The zero-order valence-electron chi connectivity index (χ0n) is 16.1. The number of aryl methyl sites for hydroxylation is 2. The third-order valence-electron chi connectivity index (χ3n) is 5.05. The smallest absolute Gasteiger partial charge is 0.254 e. The van der Waals surface area contributed by atoms with Gasteiger partial charge in [0.05, 0.1) is 17.9 Å². The molecule has 1 aromatic heterocycles. The van der Waals surface area contributed by atoms with E-state index in [1.165, 1.54) is 29.2 Å². The molecule has 6 nitrogen and oxygen atoms in total. The van der Waals surface area contributed by atoms with Crippen LogP contribution in [0.4, 0.5) is 0 Å². The van der Waals surface area contributed by atoms with Crippen LogP contribution in [0.2, 0.25) is 0 Å². The van der Waals surface area contributed by atoms with Crippen molar-refractivity contribution in [3.63, 3.8) is 0 Å². The third kappa shape index (κ3) is 4.57. The molecular formula is C21H27N3O3. The van der Waals surface area contributed by atoms with Gasteiger partial charge in [0.25, 0.3) is 5.91 Å². The average molecular weight is 369 g/mol. The van der Waals surface area contributed by atoms with Crippen LogP contribution in [0.1, 0.15) is 40.4 Å². The molecule has 6 heteroatoms. The number of likely N-dealkylation sites (tertiary alicyclic amines) is 1. The van der Waals surface area contributed by atoms with Crippen LogP contribution in [0, 0.1) is 13.8 Å². The van der Waals surface area contributed by atoms with Gasteiger partial charge in [0.15, 0.2) is 0 Å². The predicted molar refractivity (Wildman–Crippen MR) is 103 cm³/mol. The molecule has 2 aromatic rings. The highest BCUT2D eigenvalue weighted by Crippen LogP contribution is 2.23. The Hall–Kier alpha value is -2.60. The number of likely N-dealkylation sites (N-methyl/N-ethyl adjacent to an activating group) is 1. The molecule has 0 radical (unpaired) electrons. The number of hydrogen-bond acceptors (Lipinski definition) is 4. The molecule has 2 N–H and O–H groups in total. The maximum Gasteiger partial charge on any atom is 0.254 e. The molecule has 0 unspecified atom stereocenters. The number of hydrogen-bond donors (Lipinski definition) is 2. The van der Waals surface area contributed by atoms with E-state index in [0.29, 0.717) is 31.6 Å². The van der Waals surface area contributed by atoms with Gasteiger partial charge in [-0.2, -0.15) is 0 Å². The quantitative estimate of drug-likeness (QED) is 0.820. The molecule has 3 rings (SSSR count). The normalized spacial score (nSPS) is 19.8. The van der Waals surface area contributed by atoms with Gasteiger partial charge in [-0.3, -0.25) is 14.5 Å². The van der Waals surface area contributed by atoms with Gasteiger partial charge in [0.1, 0.15) is 6.26 Å². The summed E-state index contributed by atoms with van der Waals surface area (Å²) >= 11 is 0. The summed E-state index contributed by atoms with van der Waals surface area (Å²) in [5.41, 5.74) is 4.12. The van der Waals surface area contributed by atoms with Crippen LogP contribution in [-0.4, -0.2) is 41.9 Å². The lowest BCUT2D eigenvalue weighted by Gasteiger charge is -2.24. The zero-order chi connectivity index (χ0) is 19.4. The van der Waals surface area contributed by atoms with Crippen LogP contribution in [0.15, 0.2) is 41.2 Å². The maximum absolute atomic E-state index is 12.6. The lowest BCUT2D eigenvalue weighted by atomic mass is 10.0. The van der Waals surface area contributed by atoms with Crippen LogP contribution in [0.3, 0.4) is 0 Å². The van der Waals surface area contributed by atoms with Gasteiger partial charge in [-0.05, 0) is 44.4 Å². The lowest BCUT2D eigenvalue weighted by molar-refractivity contribution is -0.125. The molecule has 2 heterocycles. The van der Waals surface area contributed by atoms with Crippen LogP contribution >= 0.6 is 0 Å². The van der Waals surface area contributed by atoms with Gasteiger partial charge in [-0.1, -0.05) is 23.8 Å². The predicted octanol–water partition coefficient (Wildman–Crippen LogP) is 2.41. The van der Waals surface area contributed by atoms with Crippen molar-refractivity contribution in [1.82, 2.24) is 15.5 Å². The molecule has 2 amide bonds. The first kappa shape index (κ1) is 19.2. The summed E-state index contributed by atoms with van der Waals surface area (Å²) in [6.07, 6.45) is 3.51. The van der Waals surface area contributed by atoms with Crippen molar-refractivity contribution in [3.05, 3.63) is 59.0 Å². The average Bonchev–Trinajstić information content (AvgIpc) is 3.28. The van der Waals surface area contributed by atoms with Crippen LogP contribution < -0.4 is 10.6 Å². The number of rotatable bonds is 6. The fourth-order valence-electron chi connectivity index (χ4n) is 3.60. The summed E-state index contributed by atoms with van der Waals surface area (Å²) in [7, 11) is 0. The Morgan fingerprint density at radius 2 is 2.07 bits per heavy atom. The highest BCUT2D eigenvalue weighted by Gasteiger charge is 2.37. The molecular weight excluding hydrogens is 342 g/mol. The topological polar surface area (TPSA) is 74.6 Å². The molecule has 0 bridgehead atoms. The summed E-state index contributed by atoms with van der Waals surface area (Å²) in [6, 6.07) is 7.68. The van der Waals surface area contributed by atoms with Crippen LogP contribution in [0.25, 0.3) is 0 Å². The van der Waals surface area contributed by atoms with Crippen molar-refractivity contribution < 1.29 is 14.0 Å². The molecule has 0 saturated carbocycles. The number of furan rings is 1. The largest absolute Gasteiger partial charge is 0.472 e. The van der Waals surface area contributed by atoms with Crippen molar-refractivity contribution in [1.29, 1.82) is 0 Å². The molecule has 0 spiro atoms. The Morgan fingerprint density at radius 1 is 1.26 bits per heavy atom. The van der Waals surface area contributed by atoms with E-state index in [4.69, 9.17) is 4.42 Å². The van der Waals surface area contributed by atoms with Crippen LogP contribution in [-0.2, 0) is 11.3 Å². The van der Waals surface area contributed by atoms with E-state index in [1.54, 1.807) is 6.07 Å². The first-order valence-electron chi connectivity index (χ1n) is 9.39. The minimum atomic E-state index is -0.250. The van der Waals surface area contributed by atoms with E-state index in [9.17, 15) is 9.59 Å². The van der Waals surface area contributed by atoms with E-state index in [1.807, 2.05) is 6.92 Å². The lowest BCUT2D eigenvalue weighted by Crippen LogP contribution is -2.42. The molecule has 0 aliphatic carbocycles. The van der Waals surface area contributed by atoms with Crippen molar-refractivity contribution in [2.75, 3.05) is 13.1 Å². The number of amides is 2. The number of nitrogens with one attached hydrogen (secondary N) is 2. The molecule has 144 valence electrons. The van der Waals surface area contributed by atoms with Gasteiger partial charge in [-0.25, -0.2) is 0 Å². The Morgan fingerprint density at radius 3 is 2.78 bits per heavy atom.